The number of rotatable bonds is 9. The fourth-order valence-electron chi connectivity index (χ4n) is 1.27. The van der Waals surface area contributed by atoms with Crippen LogP contribution in [0.25, 0.3) is 0 Å². The van der Waals surface area contributed by atoms with Gasteiger partial charge in [0.1, 0.15) is 0 Å². The molecule has 0 saturated heterocycles. The summed E-state index contributed by atoms with van der Waals surface area (Å²) in [7, 11) is 0. The number of amides is 1. The largest absolute Gasteiger partial charge is 0.382 e. The van der Waals surface area contributed by atoms with E-state index in [1.54, 1.807) is 0 Å². The molecule has 0 fully saturated rings. The molecule has 96 valence electrons. The van der Waals surface area contributed by atoms with Crippen LogP contribution in [0.15, 0.2) is 0 Å². The Labute approximate surface area is 94.7 Å². The second-order valence-corrected chi connectivity index (χ2v) is 3.32. The molecular weight excluding hydrogens is 218 g/mol. The minimum absolute atomic E-state index is 0.178. The molecule has 1 amide bonds. The molecule has 0 aliphatic rings. The highest BCUT2D eigenvalue weighted by atomic mass is 19.3. The predicted molar refractivity (Wildman–Crippen MR) is 57.4 cm³/mol. The first-order valence-corrected chi connectivity index (χ1v) is 5.45. The number of carbonyl (C=O) groups excluding carboxylic acids is 1. The number of nitrogens with two attached hydrogens (primary N) is 1. The van der Waals surface area contributed by atoms with Crippen LogP contribution in [-0.2, 0) is 9.53 Å². The SMILES string of the molecule is CCOCCCC(=O)N(CCN)CC(F)F. The summed E-state index contributed by atoms with van der Waals surface area (Å²) in [6.07, 6.45) is -1.73. The lowest BCUT2D eigenvalue weighted by Gasteiger charge is -2.21. The van der Waals surface area contributed by atoms with E-state index in [1.165, 1.54) is 0 Å². The van der Waals surface area contributed by atoms with Gasteiger partial charge >= 0.3 is 0 Å². The molecule has 0 radical (unpaired) electrons. The van der Waals surface area contributed by atoms with Gasteiger partial charge in [-0.25, -0.2) is 8.78 Å². The van der Waals surface area contributed by atoms with E-state index in [4.69, 9.17) is 10.5 Å². The summed E-state index contributed by atoms with van der Waals surface area (Å²) in [6, 6.07) is 0. The van der Waals surface area contributed by atoms with E-state index in [0.717, 1.165) is 4.90 Å². The van der Waals surface area contributed by atoms with Gasteiger partial charge in [0.2, 0.25) is 5.91 Å². The Morgan fingerprint density at radius 1 is 1.50 bits per heavy atom. The van der Waals surface area contributed by atoms with Gasteiger partial charge in [0.05, 0.1) is 6.54 Å². The fraction of sp³-hybridized carbons (Fsp3) is 0.900. The van der Waals surface area contributed by atoms with Gasteiger partial charge in [-0.3, -0.25) is 4.79 Å². The van der Waals surface area contributed by atoms with Gasteiger partial charge in [-0.1, -0.05) is 0 Å². The molecule has 0 spiro atoms. The zero-order valence-corrected chi connectivity index (χ0v) is 9.62. The number of hydrogen-bond donors (Lipinski definition) is 1. The van der Waals surface area contributed by atoms with Crippen LogP contribution in [0, 0.1) is 0 Å². The zero-order valence-electron chi connectivity index (χ0n) is 9.62. The first-order valence-electron chi connectivity index (χ1n) is 5.45. The van der Waals surface area contributed by atoms with Crippen LogP contribution < -0.4 is 5.73 Å². The topological polar surface area (TPSA) is 55.6 Å². The highest BCUT2D eigenvalue weighted by Crippen LogP contribution is 2.02. The Balaban J connectivity index is 3.87. The Kier molecular flexibility index (Phi) is 9.03. The molecule has 16 heavy (non-hydrogen) atoms. The first kappa shape index (κ1) is 15.2. The second-order valence-electron chi connectivity index (χ2n) is 3.32. The van der Waals surface area contributed by atoms with Crippen molar-refractivity contribution in [1.82, 2.24) is 4.90 Å². The van der Waals surface area contributed by atoms with E-state index in [9.17, 15) is 13.6 Å². The standard InChI is InChI=1S/C10H20F2N2O2/c1-2-16-7-3-4-10(15)14(6-5-13)8-9(11)12/h9H,2-8,13H2,1H3. The zero-order chi connectivity index (χ0) is 12.4. The van der Waals surface area contributed by atoms with Crippen molar-refractivity contribution in [2.45, 2.75) is 26.2 Å². The number of hydrogen-bond acceptors (Lipinski definition) is 3. The summed E-state index contributed by atoms with van der Waals surface area (Å²) < 4.78 is 29.4. The van der Waals surface area contributed by atoms with Crippen LogP contribution in [0.4, 0.5) is 8.78 Å². The number of nitrogens with zero attached hydrogens (tertiary/aromatic N) is 1. The number of halogens is 2. The van der Waals surface area contributed by atoms with Gasteiger partial charge in [-0.2, -0.15) is 0 Å². The van der Waals surface area contributed by atoms with Crippen molar-refractivity contribution < 1.29 is 18.3 Å². The molecule has 6 heteroatoms. The first-order chi connectivity index (χ1) is 7.61. The van der Waals surface area contributed by atoms with Crippen LogP contribution in [0.2, 0.25) is 0 Å². The molecule has 0 rings (SSSR count). The lowest BCUT2D eigenvalue weighted by atomic mass is 10.3. The molecule has 0 saturated carbocycles. The summed E-state index contributed by atoms with van der Waals surface area (Å²) in [5.74, 6) is -0.287. The molecule has 0 atom stereocenters. The van der Waals surface area contributed by atoms with Gasteiger partial charge in [-0.05, 0) is 13.3 Å². The van der Waals surface area contributed by atoms with Crippen LogP contribution in [0.1, 0.15) is 19.8 Å². The predicted octanol–water partition coefficient (Wildman–Crippen LogP) is 0.855. The molecule has 0 aliphatic heterocycles. The summed E-state index contributed by atoms with van der Waals surface area (Å²) in [5, 5.41) is 0. The van der Waals surface area contributed by atoms with E-state index < -0.39 is 13.0 Å². The van der Waals surface area contributed by atoms with E-state index in [-0.39, 0.29) is 25.4 Å². The van der Waals surface area contributed by atoms with Crippen LogP contribution >= 0.6 is 0 Å². The monoisotopic (exact) mass is 238 g/mol. The van der Waals surface area contributed by atoms with Gasteiger partial charge in [0.25, 0.3) is 6.43 Å². The fourth-order valence-corrected chi connectivity index (χ4v) is 1.27. The Morgan fingerprint density at radius 3 is 2.69 bits per heavy atom. The van der Waals surface area contributed by atoms with Crippen molar-refractivity contribution in [3.8, 4) is 0 Å². The average molecular weight is 238 g/mol. The van der Waals surface area contributed by atoms with Crippen LogP contribution in [0.5, 0.6) is 0 Å². The summed E-state index contributed by atoms with van der Waals surface area (Å²) in [4.78, 5) is 12.6. The second kappa shape index (κ2) is 9.47. The van der Waals surface area contributed by atoms with E-state index in [2.05, 4.69) is 0 Å². The van der Waals surface area contributed by atoms with Gasteiger partial charge in [-0.15, -0.1) is 0 Å². The molecule has 0 aromatic carbocycles. The van der Waals surface area contributed by atoms with Crippen LogP contribution in [0.3, 0.4) is 0 Å². The van der Waals surface area contributed by atoms with Crippen molar-refractivity contribution in [3.63, 3.8) is 0 Å². The third-order valence-corrected chi connectivity index (χ3v) is 1.99. The smallest absolute Gasteiger partial charge is 0.255 e. The van der Waals surface area contributed by atoms with Crippen molar-refractivity contribution in [1.29, 1.82) is 0 Å². The summed E-state index contributed by atoms with van der Waals surface area (Å²) in [5.41, 5.74) is 5.26. The van der Waals surface area contributed by atoms with E-state index in [0.29, 0.717) is 19.6 Å². The minimum atomic E-state index is -2.51. The summed E-state index contributed by atoms with van der Waals surface area (Å²) >= 11 is 0. The van der Waals surface area contributed by atoms with Crippen molar-refractivity contribution in [2.75, 3.05) is 32.8 Å². The maximum atomic E-state index is 12.2. The Morgan fingerprint density at radius 2 is 2.19 bits per heavy atom. The van der Waals surface area contributed by atoms with E-state index in [1.807, 2.05) is 6.92 Å². The molecule has 0 aromatic heterocycles. The maximum Gasteiger partial charge on any atom is 0.255 e. The molecule has 0 heterocycles. The lowest BCUT2D eigenvalue weighted by molar-refractivity contribution is -0.133. The number of ether oxygens (including phenoxy) is 1. The third kappa shape index (κ3) is 7.53. The van der Waals surface area contributed by atoms with Crippen LogP contribution in [-0.4, -0.2) is 50.1 Å². The molecule has 2 N–H and O–H groups in total. The van der Waals surface area contributed by atoms with E-state index >= 15 is 0 Å². The molecule has 4 nitrogen and oxygen atoms in total. The third-order valence-electron chi connectivity index (χ3n) is 1.99. The molecule has 0 unspecified atom stereocenters. The Hall–Kier alpha value is -0.750. The number of carbonyl (C=O) groups is 1. The van der Waals surface area contributed by atoms with Crippen molar-refractivity contribution >= 4 is 5.91 Å². The normalized spacial score (nSPS) is 10.8. The van der Waals surface area contributed by atoms with Gasteiger partial charge in [0, 0.05) is 32.7 Å². The van der Waals surface area contributed by atoms with Crippen molar-refractivity contribution in [2.24, 2.45) is 5.73 Å². The molecule has 0 aliphatic carbocycles. The summed E-state index contributed by atoms with van der Waals surface area (Å²) in [6.45, 7) is 2.77. The molecular formula is C10H20F2N2O2. The number of alkyl halides is 2. The highest BCUT2D eigenvalue weighted by molar-refractivity contribution is 5.76. The van der Waals surface area contributed by atoms with Crippen molar-refractivity contribution in [3.05, 3.63) is 0 Å². The lowest BCUT2D eigenvalue weighted by Crippen LogP contribution is -2.38. The average Bonchev–Trinajstić information content (AvgIpc) is 2.23. The highest BCUT2D eigenvalue weighted by Gasteiger charge is 2.16. The Bertz CT molecular complexity index is 192. The quantitative estimate of drug-likeness (QED) is 0.606. The maximum absolute atomic E-state index is 12.2. The van der Waals surface area contributed by atoms with Gasteiger partial charge < -0.3 is 15.4 Å². The van der Waals surface area contributed by atoms with Gasteiger partial charge in [0.15, 0.2) is 0 Å². The molecule has 0 aromatic rings. The molecule has 0 bridgehead atoms. The minimum Gasteiger partial charge on any atom is -0.382 e.